The Bertz CT molecular complexity index is 356. The van der Waals surface area contributed by atoms with Crippen LogP contribution in [-0.2, 0) is 4.79 Å². The average molecular weight is 272 g/mol. The van der Waals surface area contributed by atoms with E-state index < -0.39 is 37.3 Å². The van der Waals surface area contributed by atoms with E-state index >= 15 is 0 Å². The van der Waals surface area contributed by atoms with Crippen molar-refractivity contribution in [3.8, 4) is 18.4 Å². The van der Waals surface area contributed by atoms with E-state index in [1.54, 1.807) is 5.92 Å². The number of rotatable bonds is 3. The summed E-state index contributed by atoms with van der Waals surface area (Å²) in [4.78, 5) is 11.2. The predicted octanol–water partition coefficient (Wildman–Crippen LogP) is 1.71. The van der Waals surface area contributed by atoms with Crippen LogP contribution in [0.5, 0.6) is 0 Å². The summed E-state index contributed by atoms with van der Waals surface area (Å²) in [5.74, 6) is -4.75. The molecule has 0 aliphatic rings. The highest BCUT2D eigenvalue weighted by molar-refractivity contribution is 5.81. The van der Waals surface area contributed by atoms with Crippen molar-refractivity contribution in [3.05, 3.63) is 0 Å². The molecule has 0 aliphatic heterocycles. The first-order chi connectivity index (χ1) is 8.05. The fraction of sp³-hybridized carbons (Fsp3) is 0.556. The number of alkyl halides is 6. The number of halogens is 6. The van der Waals surface area contributed by atoms with Crippen LogP contribution in [0, 0.1) is 29.6 Å². The van der Waals surface area contributed by atoms with E-state index in [1.165, 1.54) is 6.07 Å². The van der Waals surface area contributed by atoms with Crippen molar-refractivity contribution in [3.63, 3.8) is 0 Å². The average Bonchev–Trinajstić information content (AvgIpc) is 2.12. The molecule has 0 atom stereocenters. The Balaban J connectivity index is 5.33. The smallest absolute Gasteiger partial charge is 0.317 e. The molecule has 0 aliphatic carbocycles. The van der Waals surface area contributed by atoms with Crippen molar-refractivity contribution < 1.29 is 31.1 Å². The van der Waals surface area contributed by atoms with Gasteiger partial charge in [-0.05, 0) is 0 Å². The first kappa shape index (κ1) is 16.1. The van der Waals surface area contributed by atoms with Crippen LogP contribution in [0.25, 0.3) is 0 Å². The fourth-order valence-corrected chi connectivity index (χ4v) is 1.06. The highest BCUT2D eigenvalue weighted by Gasteiger charge is 2.62. The van der Waals surface area contributed by atoms with E-state index in [1.807, 2.05) is 0 Å². The van der Waals surface area contributed by atoms with Gasteiger partial charge in [0.15, 0.2) is 0 Å². The molecule has 0 saturated carbocycles. The Kier molecular flexibility index (Phi) is 5.03. The van der Waals surface area contributed by atoms with Crippen molar-refractivity contribution in [2.24, 2.45) is 5.92 Å². The van der Waals surface area contributed by atoms with Crippen molar-refractivity contribution in [2.45, 2.75) is 12.4 Å². The topological polar surface area (TPSA) is 44.1 Å². The van der Waals surface area contributed by atoms with Gasteiger partial charge in [-0.1, -0.05) is 5.92 Å². The molecule has 9 heteroatoms. The van der Waals surface area contributed by atoms with Gasteiger partial charge in [0, 0.05) is 0 Å². The summed E-state index contributed by atoms with van der Waals surface area (Å²) in [7, 11) is 0. The minimum atomic E-state index is -5.79. The van der Waals surface area contributed by atoms with Crippen LogP contribution in [0.2, 0.25) is 0 Å². The van der Waals surface area contributed by atoms with Crippen LogP contribution in [0.4, 0.5) is 26.3 Å². The quantitative estimate of drug-likeness (QED) is 0.446. The number of carbonyl (C=O) groups is 1. The van der Waals surface area contributed by atoms with Crippen LogP contribution >= 0.6 is 0 Å². The molecule has 0 saturated heterocycles. The van der Waals surface area contributed by atoms with Gasteiger partial charge in [0.05, 0.1) is 12.6 Å². The molecule has 100 valence electrons. The zero-order chi connectivity index (χ0) is 14.6. The lowest BCUT2D eigenvalue weighted by Gasteiger charge is -2.26. The summed E-state index contributed by atoms with van der Waals surface area (Å²) < 4.78 is 73.2. The van der Waals surface area contributed by atoms with Gasteiger partial charge in [0.1, 0.15) is 6.54 Å². The van der Waals surface area contributed by atoms with Gasteiger partial charge in [-0.25, -0.2) is 0 Å². The molecule has 0 aromatic heterocycles. The van der Waals surface area contributed by atoms with Crippen molar-refractivity contribution in [1.82, 2.24) is 4.90 Å². The third kappa shape index (κ3) is 4.17. The number of nitriles is 1. The van der Waals surface area contributed by atoms with Crippen LogP contribution in [0.3, 0.4) is 0 Å². The lowest BCUT2D eigenvalue weighted by atomic mass is 10.1. The molecule has 3 nitrogen and oxygen atoms in total. The molecule has 0 unspecified atom stereocenters. The summed E-state index contributed by atoms with van der Waals surface area (Å²) in [5, 5.41) is 8.22. The van der Waals surface area contributed by atoms with Crippen LogP contribution in [-0.4, -0.2) is 36.2 Å². The lowest BCUT2D eigenvalue weighted by Crippen LogP contribution is -2.49. The summed E-state index contributed by atoms with van der Waals surface area (Å²) in [6.45, 7) is -1.76. The van der Waals surface area contributed by atoms with Gasteiger partial charge < -0.3 is 4.90 Å². The van der Waals surface area contributed by atoms with Gasteiger partial charge in [0.25, 0.3) is 0 Å². The summed E-state index contributed by atoms with van der Waals surface area (Å²) >= 11 is 0. The van der Waals surface area contributed by atoms with E-state index in [0.29, 0.717) is 0 Å². The Morgan fingerprint density at radius 2 is 1.61 bits per heavy atom. The first-order valence-electron chi connectivity index (χ1n) is 4.28. The lowest BCUT2D eigenvalue weighted by molar-refractivity contribution is -0.277. The van der Waals surface area contributed by atoms with Gasteiger partial charge in [-0.15, -0.1) is 6.42 Å². The SMILES string of the molecule is C#CCN(CC#N)C(=O)C(C(F)(F)F)C(F)(F)F. The Morgan fingerprint density at radius 3 is 1.89 bits per heavy atom. The van der Waals surface area contributed by atoms with Gasteiger partial charge >= 0.3 is 12.4 Å². The van der Waals surface area contributed by atoms with Crippen molar-refractivity contribution in [1.29, 1.82) is 5.26 Å². The number of carbonyl (C=O) groups excluding carboxylic acids is 1. The maximum absolute atomic E-state index is 12.2. The molecule has 0 heterocycles. The number of hydrogen-bond acceptors (Lipinski definition) is 2. The van der Waals surface area contributed by atoms with Crippen molar-refractivity contribution in [2.75, 3.05) is 13.1 Å². The monoisotopic (exact) mass is 272 g/mol. The minimum absolute atomic E-state index is 0.0195. The molecular weight excluding hydrogens is 266 g/mol. The molecule has 18 heavy (non-hydrogen) atoms. The van der Waals surface area contributed by atoms with Crippen LogP contribution in [0.15, 0.2) is 0 Å². The highest BCUT2D eigenvalue weighted by Crippen LogP contribution is 2.40. The summed E-state index contributed by atoms with van der Waals surface area (Å²) in [6.07, 6.45) is -6.89. The molecule has 0 spiro atoms. The van der Waals surface area contributed by atoms with E-state index in [-0.39, 0.29) is 4.90 Å². The molecule has 1 amide bonds. The number of terminal acetylenes is 1. The molecule has 0 rings (SSSR count). The Hall–Kier alpha value is -1.90. The van der Waals surface area contributed by atoms with Crippen LogP contribution in [0.1, 0.15) is 0 Å². The highest BCUT2D eigenvalue weighted by atomic mass is 19.4. The van der Waals surface area contributed by atoms with E-state index in [0.717, 1.165) is 0 Å². The summed E-state index contributed by atoms with van der Waals surface area (Å²) in [5.41, 5.74) is 0. The summed E-state index contributed by atoms with van der Waals surface area (Å²) in [6, 6.07) is 1.27. The van der Waals surface area contributed by atoms with E-state index in [4.69, 9.17) is 11.7 Å². The molecule has 0 N–H and O–H groups in total. The number of amides is 1. The molecule has 0 fully saturated rings. The molecule has 0 radical (unpaired) electrons. The third-order valence-electron chi connectivity index (χ3n) is 1.76. The Labute approximate surface area is 98.0 Å². The largest absolute Gasteiger partial charge is 0.409 e. The predicted molar refractivity (Wildman–Crippen MR) is 46.6 cm³/mol. The van der Waals surface area contributed by atoms with Gasteiger partial charge in [0.2, 0.25) is 11.8 Å². The zero-order valence-corrected chi connectivity index (χ0v) is 8.64. The molecule has 0 bridgehead atoms. The molecular formula is C9H6F6N2O. The Morgan fingerprint density at radius 1 is 1.17 bits per heavy atom. The van der Waals surface area contributed by atoms with Gasteiger partial charge in [-0.2, -0.15) is 31.6 Å². The van der Waals surface area contributed by atoms with Crippen molar-refractivity contribution >= 4 is 5.91 Å². The number of nitrogens with zero attached hydrogens (tertiary/aromatic N) is 2. The maximum Gasteiger partial charge on any atom is 0.409 e. The standard InChI is InChI=1S/C9H6F6N2O/c1-2-4-17(5-3-16)7(18)6(8(10,11)12)9(13,14)15/h1,6H,4-5H2. The number of hydrogen-bond donors (Lipinski definition) is 0. The first-order valence-corrected chi connectivity index (χ1v) is 4.28. The second-order valence-corrected chi connectivity index (χ2v) is 3.07. The minimum Gasteiger partial charge on any atom is -0.317 e. The van der Waals surface area contributed by atoms with E-state index in [2.05, 4.69) is 0 Å². The second-order valence-electron chi connectivity index (χ2n) is 3.07. The second kappa shape index (κ2) is 5.63. The maximum atomic E-state index is 12.2. The van der Waals surface area contributed by atoms with Crippen LogP contribution < -0.4 is 0 Å². The van der Waals surface area contributed by atoms with E-state index in [9.17, 15) is 31.1 Å². The zero-order valence-electron chi connectivity index (χ0n) is 8.64. The fourth-order valence-electron chi connectivity index (χ4n) is 1.06. The van der Waals surface area contributed by atoms with Gasteiger partial charge in [-0.3, -0.25) is 4.79 Å². The normalized spacial score (nSPS) is 11.8. The third-order valence-corrected chi connectivity index (χ3v) is 1.76. The molecule has 0 aromatic rings. The molecule has 0 aromatic carbocycles.